The second-order valence-corrected chi connectivity index (χ2v) is 5.21. The van der Waals surface area contributed by atoms with Crippen molar-refractivity contribution >= 4 is 11.7 Å². The highest BCUT2D eigenvalue weighted by atomic mass is 16.2. The van der Waals surface area contributed by atoms with Gasteiger partial charge in [-0.3, -0.25) is 0 Å². The Morgan fingerprint density at radius 3 is 2.31 bits per heavy atom. The van der Waals surface area contributed by atoms with Crippen molar-refractivity contribution in [3.63, 3.8) is 0 Å². The van der Waals surface area contributed by atoms with E-state index in [9.17, 15) is 4.79 Å². The van der Waals surface area contributed by atoms with Crippen LogP contribution in [0, 0.1) is 5.41 Å². The second-order valence-electron chi connectivity index (χ2n) is 5.21. The van der Waals surface area contributed by atoms with Crippen LogP contribution in [0.2, 0.25) is 0 Å². The fraction of sp³-hybridized carbons (Fsp3) is 0.462. The summed E-state index contributed by atoms with van der Waals surface area (Å²) in [6.07, 6.45) is 0. The highest BCUT2D eigenvalue weighted by molar-refractivity contribution is 5.89. The number of amides is 2. The molecular weight excluding hydrogens is 200 g/mol. The van der Waals surface area contributed by atoms with Gasteiger partial charge in [0.15, 0.2) is 0 Å². The van der Waals surface area contributed by atoms with Crippen molar-refractivity contribution in [3.8, 4) is 0 Å². The molecule has 1 rings (SSSR count). The molecule has 3 nitrogen and oxygen atoms in total. The molecule has 0 aromatic heterocycles. The van der Waals surface area contributed by atoms with Crippen LogP contribution in [-0.2, 0) is 0 Å². The van der Waals surface area contributed by atoms with E-state index in [1.807, 2.05) is 37.4 Å². The number of nitrogens with zero attached hydrogens (tertiary/aromatic N) is 1. The Morgan fingerprint density at radius 1 is 1.25 bits per heavy atom. The largest absolute Gasteiger partial charge is 0.327 e. The average molecular weight is 220 g/mol. The van der Waals surface area contributed by atoms with Gasteiger partial charge >= 0.3 is 6.03 Å². The smallest absolute Gasteiger partial charge is 0.321 e. The topological polar surface area (TPSA) is 32.3 Å². The van der Waals surface area contributed by atoms with Gasteiger partial charge in [-0.25, -0.2) is 4.79 Å². The molecule has 0 bridgehead atoms. The van der Waals surface area contributed by atoms with E-state index in [0.29, 0.717) is 0 Å². The summed E-state index contributed by atoms with van der Waals surface area (Å²) in [6.45, 7) is 7.06. The third-order valence-electron chi connectivity index (χ3n) is 2.08. The zero-order valence-electron chi connectivity index (χ0n) is 10.4. The first-order valence-corrected chi connectivity index (χ1v) is 5.46. The number of anilines is 1. The molecule has 2 amide bonds. The second kappa shape index (κ2) is 5.01. The SMILES string of the molecule is CN(CC(C)(C)C)C(=O)Nc1ccccc1. The quantitative estimate of drug-likeness (QED) is 0.815. The molecule has 16 heavy (non-hydrogen) atoms. The Kier molecular flexibility index (Phi) is 3.93. The van der Waals surface area contributed by atoms with Crippen LogP contribution in [0.4, 0.5) is 10.5 Å². The minimum Gasteiger partial charge on any atom is -0.327 e. The predicted molar refractivity (Wildman–Crippen MR) is 67.5 cm³/mol. The average Bonchev–Trinajstić information content (AvgIpc) is 2.16. The van der Waals surface area contributed by atoms with Gasteiger partial charge in [0, 0.05) is 19.3 Å². The van der Waals surface area contributed by atoms with Crippen molar-refractivity contribution in [1.29, 1.82) is 0 Å². The summed E-state index contributed by atoms with van der Waals surface area (Å²) < 4.78 is 0. The molecule has 0 aliphatic heterocycles. The third-order valence-corrected chi connectivity index (χ3v) is 2.08. The molecule has 0 heterocycles. The van der Waals surface area contributed by atoms with Crippen molar-refractivity contribution in [3.05, 3.63) is 30.3 Å². The Labute approximate surface area is 97.5 Å². The molecule has 0 saturated carbocycles. The number of para-hydroxylation sites is 1. The Hall–Kier alpha value is -1.51. The van der Waals surface area contributed by atoms with Gasteiger partial charge in [0.25, 0.3) is 0 Å². The zero-order valence-corrected chi connectivity index (χ0v) is 10.4. The van der Waals surface area contributed by atoms with Gasteiger partial charge in [-0.15, -0.1) is 0 Å². The molecule has 3 heteroatoms. The lowest BCUT2D eigenvalue weighted by Crippen LogP contribution is -2.37. The maximum Gasteiger partial charge on any atom is 0.321 e. The molecule has 1 N–H and O–H groups in total. The first-order chi connectivity index (χ1) is 7.38. The lowest BCUT2D eigenvalue weighted by molar-refractivity contribution is 0.201. The normalized spacial score (nSPS) is 11.0. The van der Waals surface area contributed by atoms with Crippen LogP contribution in [0.25, 0.3) is 0 Å². The van der Waals surface area contributed by atoms with Gasteiger partial charge < -0.3 is 10.2 Å². The van der Waals surface area contributed by atoms with Crippen molar-refractivity contribution in [1.82, 2.24) is 4.90 Å². The van der Waals surface area contributed by atoms with Crippen molar-refractivity contribution < 1.29 is 4.79 Å². The lowest BCUT2D eigenvalue weighted by Gasteiger charge is -2.26. The number of hydrogen-bond donors (Lipinski definition) is 1. The number of hydrogen-bond acceptors (Lipinski definition) is 1. The maximum atomic E-state index is 11.8. The molecule has 0 spiro atoms. The Balaban J connectivity index is 2.53. The fourth-order valence-electron chi connectivity index (χ4n) is 1.52. The van der Waals surface area contributed by atoms with Crippen molar-refractivity contribution in [2.24, 2.45) is 5.41 Å². The van der Waals surface area contributed by atoms with E-state index < -0.39 is 0 Å². The van der Waals surface area contributed by atoms with E-state index in [-0.39, 0.29) is 11.4 Å². The van der Waals surface area contributed by atoms with E-state index >= 15 is 0 Å². The van der Waals surface area contributed by atoms with Gasteiger partial charge in [-0.2, -0.15) is 0 Å². The zero-order chi connectivity index (χ0) is 12.2. The van der Waals surface area contributed by atoms with Gasteiger partial charge in [0.05, 0.1) is 0 Å². The van der Waals surface area contributed by atoms with Crippen LogP contribution < -0.4 is 5.32 Å². The number of nitrogens with one attached hydrogen (secondary N) is 1. The Morgan fingerprint density at radius 2 is 1.81 bits per heavy atom. The molecule has 1 aromatic rings. The van der Waals surface area contributed by atoms with E-state index in [4.69, 9.17) is 0 Å². The van der Waals surface area contributed by atoms with Crippen LogP contribution >= 0.6 is 0 Å². The maximum absolute atomic E-state index is 11.8. The third kappa shape index (κ3) is 4.34. The van der Waals surface area contributed by atoms with Crippen LogP contribution in [0.3, 0.4) is 0 Å². The Bertz CT molecular complexity index is 341. The highest BCUT2D eigenvalue weighted by Crippen LogP contribution is 2.15. The number of urea groups is 1. The molecule has 88 valence electrons. The molecular formula is C13H20N2O. The predicted octanol–water partition coefficient (Wildman–Crippen LogP) is 3.20. The van der Waals surface area contributed by atoms with Crippen LogP contribution in [-0.4, -0.2) is 24.5 Å². The summed E-state index contributed by atoms with van der Waals surface area (Å²) in [5, 5.41) is 2.85. The first kappa shape index (κ1) is 12.6. The number of carbonyl (C=O) groups excluding carboxylic acids is 1. The fourth-order valence-corrected chi connectivity index (χ4v) is 1.52. The van der Waals surface area contributed by atoms with Crippen LogP contribution in [0.15, 0.2) is 30.3 Å². The minimum atomic E-state index is -0.0684. The summed E-state index contributed by atoms with van der Waals surface area (Å²) >= 11 is 0. The van der Waals surface area contributed by atoms with E-state index in [1.165, 1.54) is 0 Å². The summed E-state index contributed by atoms with van der Waals surface area (Å²) in [5.74, 6) is 0. The van der Waals surface area contributed by atoms with E-state index in [1.54, 1.807) is 4.90 Å². The number of rotatable bonds is 2. The van der Waals surface area contributed by atoms with Crippen molar-refractivity contribution in [2.45, 2.75) is 20.8 Å². The first-order valence-electron chi connectivity index (χ1n) is 5.46. The van der Waals surface area contributed by atoms with Gasteiger partial charge in [-0.1, -0.05) is 39.0 Å². The molecule has 0 aliphatic carbocycles. The number of carbonyl (C=O) groups is 1. The lowest BCUT2D eigenvalue weighted by atomic mass is 9.96. The standard InChI is InChI=1S/C13H20N2O/c1-13(2,3)10-15(4)12(16)14-11-8-6-5-7-9-11/h5-9H,10H2,1-4H3,(H,14,16). The summed E-state index contributed by atoms with van der Waals surface area (Å²) in [5.41, 5.74) is 0.941. The molecule has 0 fully saturated rings. The molecule has 0 aliphatic rings. The minimum absolute atomic E-state index is 0.0684. The molecule has 0 atom stereocenters. The molecule has 0 saturated heterocycles. The number of benzene rings is 1. The van der Waals surface area contributed by atoms with Crippen LogP contribution in [0.1, 0.15) is 20.8 Å². The molecule has 0 radical (unpaired) electrons. The van der Waals surface area contributed by atoms with Gasteiger partial charge in [0.1, 0.15) is 0 Å². The van der Waals surface area contributed by atoms with Crippen LogP contribution in [0.5, 0.6) is 0 Å². The van der Waals surface area contributed by atoms with E-state index in [2.05, 4.69) is 26.1 Å². The monoisotopic (exact) mass is 220 g/mol. The van der Waals surface area contributed by atoms with Crippen molar-refractivity contribution in [2.75, 3.05) is 18.9 Å². The van der Waals surface area contributed by atoms with E-state index in [0.717, 1.165) is 12.2 Å². The summed E-state index contributed by atoms with van der Waals surface area (Å²) in [6, 6.07) is 9.42. The molecule has 0 unspecified atom stereocenters. The van der Waals surface area contributed by atoms with Gasteiger partial charge in [0.2, 0.25) is 0 Å². The van der Waals surface area contributed by atoms with Gasteiger partial charge in [-0.05, 0) is 17.5 Å². The summed E-state index contributed by atoms with van der Waals surface area (Å²) in [4.78, 5) is 13.5. The molecule has 1 aromatic carbocycles. The highest BCUT2D eigenvalue weighted by Gasteiger charge is 2.17. The summed E-state index contributed by atoms with van der Waals surface area (Å²) in [7, 11) is 1.81.